The van der Waals surface area contributed by atoms with Gasteiger partial charge in [-0.05, 0) is 37.6 Å². The van der Waals surface area contributed by atoms with Crippen LogP contribution >= 0.6 is 0 Å². The number of unbranched alkanes of at least 4 members (excludes halogenated alkanes) is 1. The van der Waals surface area contributed by atoms with Crippen molar-refractivity contribution in [1.29, 1.82) is 0 Å². The predicted molar refractivity (Wildman–Crippen MR) is 127 cm³/mol. The lowest BCUT2D eigenvalue weighted by atomic mass is 10.1. The Morgan fingerprint density at radius 3 is 2.48 bits per heavy atom. The molecule has 0 saturated heterocycles. The second-order valence-electron chi connectivity index (χ2n) is 7.68. The first-order valence-electron chi connectivity index (χ1n) is 10.5. The van der Waals surface area contributed by atoms with Crippen molar-refractivity contribution in [2.24, 2.45) is 5.73 Å². The van der Waals surface area contributed by atoms with Crippen LogP contribution in [0.15, 0.2) is 52.2 Å². The number of hydrogen-bond donors (Lipinski definition) is 5. The van der Waals surface area contributed by atoms with E-state index in [-0.39, 0.29) is 11.2 Å². The molecule has 2 aromatic carbocycles. The van der Waals surface area contributed by atoms with Crippen LogP contribution in [0.5, 0.6) is 0 Å². The van der Waals surface area contributed by atoms with Gasteiger partial charge in [-0.2, -0.15) is 0 Å². The molecule has 10 nitrogen and oxygen atoms in total. The van der Waals surface area contributed by atoms with E-state index in [9.17, 15) is 9.59 Å². The Morgan fingerprint density at radius 1 is 1.06 bits per heavy atom. The summed E-state index contributed by atoms with van der Waals surface area (Å²) in [6.45, 7) is 2.57. The molecule has 170 valence electrons. The maximum absolute atomic E-state index is 12.9. The van der Waals surface area contributed by atoms with Gasteiger partial charge in [-0.1, -0.05) is 18.2 Å². The number of hydrogen-bond acceptors (Lipinski definition) is 5. The van der Waals surface area contributed by atoms with Crippen molar-refractivity contribution >= 4 is 38.9 Å². The summed E-state index contributed by atoms with van der Waals surface area (Å²) in [5.41, 5.74) is 9.75. The first kappa shape index (κ1) is 22.0. The lowest BCUT2D eigenvalue weighted by Gasteiger charge is -2.03. The fourth-order valence-corrected chi connectivity index (χ4v) is 3.85. The Balaban J connectivity index is 0.000000601. The van der Waals surface area contributed by atoms with E-state index in [1.165, 1.54) is 0 Å². The minimum absolute atomic E-state index is 0.264. The third kappa shape index (κ3) is 4.55. The van der Waals surface area contributed by atoms with Crippen LogP contribution in [-0.4, -0.2) is 42.1 Å². The Morgan fingerprint density at radius 2 is 1.76 bits per heavy atom. The Bertz CT molecular complexity index is 1570. The number of aliphatic carboxylic acids is 1. The summed E-state index contributed by atoms with van der Waals surface area (Å²) in [5, 5.41) is 8.40. The number of carbonyl (C=O) groups is 1. The van der Waals surface area contributed by atoms with E-state index in [2.05, 4.69) is 24.5 Å². The Kier molecular flexibility index (Phi) is 6.09. The molecule has 0 atom stereocenters. The van der Waals surface area contributed by atoms with E-state index >= 15 is 0 Å². The number of nitrogens with zero attached hydrogens (tertiary/aromatic N) is 2. The molecule has 0 amide bonds. The molecular formula is C23H24N6O4. The average molecular weight is 448 g/mol. The van der Waals surface area contributed by atoms with Crippen LogP contribution in [-0.2, 0) is 11.3 Å². The van der Waals surface area contributed by atoms with Crippen LogP contribution in [0.25, 0.3) is 44.2 Å². The fraction of sp³-hybridized carbons (Fsp3) is 0.217. The number of carboxylic acid groups (broad SMARTS) is 1. The number of benzene rings is 2. The van der Waals surface area contributed by atoms with Crippen LogP contribution in [0.1, 0.15) is 19.8 Å². The van der Waals surface area contributed by atoms with Gasteiger partial charge in [0.2, 0.25) is 0 Å². The second kappa shape index (κ2) is 9.13. The summed E-state index contributed by atoms with van der Waals surface area (Å²) in [6, 6.07) is 11.5. The van der Waals surface area contributed by atoms with Crippen molar-refractivity contribution in [3.63, 3.8) is 0 Å². The largest absolute Gasteiger partial charge is 0.481 e. The molecule has 0 saturated carbocycles. The van der Waals surface area contributed by atoms with Gasteiger partial charge in [0.25, 0.3) is 11.5 Å². The smallest absolute Gasteiger partial charge is 0.323 e. The molecule has 0 fully saturated rings. The number of nitrogens with one attached hydrogen (secondary N) is 3. The number of imidazole rings is 1. The molecule has 0 bridgehead atoms. The molecule has 3 heterocycles. The first-order valence-corrected chi connectivity index (χ1v) is 10.5. The SMILES string of the molecule is CC(=O)O.NCCCCn1cc(-c2nc3cc4[nH]c(=O)[nH]c4cc3[nH]c2=O)c2ccccc21. The Hall–Kier alpha value is -4.18. The van der Waals surface area contributed by atoms with Gasteiger partial charge in [0.15, 0.2) is 0 Å². The van der Waals surface area contributed by atoms with Crippen molar-refractivity contribution in [2.45, 2.75) is 26.3 Å². The monoisotopic (exact) mass is 448 g/mol. The number of carboxylic acids is 1. The number of aryl methyl sites for hydroxylation is 1. The van der Waals surface area contributed by atoms with Gasteiger partial charge in [0.05, 0.1) is 22.1 Å². The van der Waals surface area contributed by atoms with Crippen LogP contribution in [0.2, 0.25) is 0 Å². The molecule has 0 aliphatic rings. The number of H-pyrrole nitrogens is 3. The van der Waals surface area contributed by atoms with Crippen LogP contribution in [0.4, 0.5) is 0 Å². The highest BCUT2D eigenvalue weighted by Gasteiger charge is 2.15. The number of nitrogens with two attached hydrogens (primary N) is 1. The van der Waals surface area contributed by atoms with Crippen molar-refractivity contribution in [3.05, 3.63) is 63.4 Å². The van der Waals surface area contributed by atoms with Crippen LogP contribution in [0.3, 0.4) is 0 Å². The lowest BCUT2D eigenvalue weighted by Crippen LogP contribution is -2.11. The molecular weight excluding hydrogens is 424 g/mol. The molecule has 10 heteroatoms. The standard InChI is InChI=1S/C21H20N6O2.C2H4O2/c22-7-3-4-8-27-11-13(12-5-1-2-6-18(12)27)19-20(28)24-15-10-17-16(9-14(15)23-19)25-21(29)26-17;1-2(3)4/h1-2,5-6,9-11H,3-4,7-8,22H2,(H,24,28)(H2,25,26,29);1H3,(H,3,4). The molecule has 33 heavy (non-hydrogen) atoms. The molecule has 0 spiro atoms. The summed E-state index contributed by atoms with van der Waals surface area (Å²) in [6.07, 6.45) is 3.90. The second-order valence-corrected chi connectivity index (χ2v) is 7.68. The highest BCUT2D eigenvalue weighted by atomic mass is 16.4. The van der Waals surface area contributed by atoms with E-state index in [1.807, 2.05) is 30.5 Å². The summed E-state index contributed by atoms with van der Waals surface area (Å²) >= 11 is 0. The van der Waals surface area contributed by atoms with Gasteiger partial charge in [-0.3, -0.25) is 9.59 Å². The number of aromatic nitrogens is 5. The number of aromatic amines is 3. The first-order chi connectivity index (χ1) is 15.9. The van der Waals surface area contributed by atoms with E-state index in [0.29, 0.717) is 34.3 Å². The highest BCUT2D eigenvalue weighted by Crippen LogP contribution is 2.29. The minimum Gasteiger partial charge on any atom is -0.481 e. The summed E-state index contributed by atoms with van der Waals surface area (Å²) in [5.74, 6) is -0.833. The van der Waals surface area contributed by atoms with Gasteiger partial charge in [0, 0.05) is 36.1 Å². The minimum atomic E-state index is -0.833. The topological polar surface area (TPSA) is 163 Å². The zero-order chi connectivity index (χ0) is 23.5. The molecule has 6 N–H and O–H groups in total. The number of rotatable bonds is 5. The lowest BCUT2D eigenvalue weighted by molar-refractivity contribution is -0.134. The maximum atomic E-state index is 12.9. The van der Waals surface area contributed by atoms with E-state index < -0.39 is 5.97 Å². The number of para-hydroxylation sites is 1. The van der Waals surface area contributed by atoms with E-state index in [4.69, 9.17) is 15.6 Å². The van der Waals surface area contributed by atoms with E-state index in [0.717, 1.165) is 42.8 Å². The Labute approximate surface area is 187 Å². The molecule has 0 radical (unpaired) electrons. The maximum Gasteiger partial charge on any atom is 0.323 e. The quantitative estimate of drug-likeness (QED) is 0.259. The summed E-state index contributed by atoms with van der Waals surface area (Å²) in [4.78, 5) is 46.4. The van der Waals surface area contributed by atoms with Gasteiger partial charge in [-0.25, -0.2) is 9.78 Å². The molecule has 0 aliphatic carbocycles. The predicted octanol–water partition coefficient (Wildman–Crippen LogP) is 2.54. The van der Waals surface area contributed by atoms with Crippen molar-refractivity contribution in [1.82, 2.24) is 24.5 Å². The summed E-state index contributed by atoms with van der Waals surface area (Å²) in [7, 11) is 0. The molecule has 5 aromatic rings. The van der Waals surface area contributed by atoms with Crippen molar-refractivity contribution < 1.29 is 9.90 Å². The van der Waals surface area contributed by atoms with Crippen LogP contribution in [0, 0.1) is 0 Å². The zero-order valence-electron chi connectivity index (χ0n) is 18.0. The van der Waals surface area contributed by atoms with Gasteiger partial charge in [-0.15, -0.1) is 0 Å². The molecule has 3 aromatic heterocycles. The third-order valence-electron chi connectivity index (χ3n) is 5.22. The van der Waals surface area contributed by atoms with Crippen LogP contribution < -0.4 is 17.0 Å². The summed E-state index contributed by atoms with van der Waals surface area (Å²) < 4.78 is 2.15. The molecule has 0 unspecified atom stereocenters. The van der Waals surface area contributed by atoms with Crippen molar-refractivity contribution in [3.8, 4) is 11.3 Å². The number of fused-ring (bicyclic) bond motifs is 3. The van der Waals surface area contributed by atoms with Gasteiger partial charge in [0.1, 0.15) is 5.69 Å². The third-order valence-corrected chi connectivity index (χ3v) is 5.22. The fourth-order valence-electron chi connectivity index (χ4n) is 3.85. The highest BCUT2D eigenvalue weighted by molar-refractivity contribution is 5.97. The molecule has 0 aliphatic heterocycles. The normalized spacial score (nSPS) is 11.1. The van der Waals surface area contributed by atoms with E-state index in [1.54, 1.807) is 12.1 Å². The average Bonchev–Trinajstić information content (AvgIpc) is 3.31. The molecule has 5 rings (SSSR count). The zero-order valence-corrected chi connectivity index (χ0v) is 18.0. The van der Waals surface area contributed by atoms with Gasteiger partial charge >= 0.3 is 5.69 Å². The van der Waals surface area contributed by atoms with Crippen molar-refractivity contribution in [2.75, 3.05) is 6.54 Å². The van der Waals surface area contributed by atoms with Gasteiger partial charge < -0.3 is 30.4 Å².